The van der Waals surface area contributed by atoms with Crippen molar-refractivity contribution in [2.45, 2.75) is 0 Å². The highest BCUT2D eigenvalue weighted by atomic mass is 79.9. The molecule has 0 saturated heterocycles. The van der Waals surface area contributed by atoms with Crippen molar-refractivity contribution >= 4 is 27.5 Å². The minimum atomic E-state index is -0.377. The molecule has 13 heavy (non-hydrogen) atoms. The second-order valence-corrected chi connectivity index (χ2v) is 3.96. The number of benzene rings is 1. The third-order valence-corrected chi connectivity index (χ3v) is 2.49. The predicted molar refractivity (Wildman–Crippen MR) is 53.8 cm³/mol. The molecule has 2 rings (SSSR count). The molecule has 0 unspecified atom stereocenters. The van der Waals surface area contributed by atoms with Crippen LogP contribution in [0.4, 0.5) is 0 Å². The number of halogens is 1. The Labute approximate surface area is 86.3 Å². The maximum Gasteiger partial charge on any atom is 0.414 e. The average Bonchev–Trinajstić information content (AvgIpc) is 2.53. The van der Waals surface area contributed by atoms with Crippen LogP contribution in [0.15, 0.2) is 37.9 Å². The van der Waals surface area contributed by atoms with E-state index in [9.17, 15) is 4.79 Å². The molecule has 0 fully saturated rings. The van der Waals surface area contributed by atoms with Crippen LogP contribution in [0.25, 0.3) is 11.5 Å². The Morgan fingerprint density at radius 1 is 1.31 bits per heavy atom. The Morgan fingerprint density at radius 3 is 2.54 bits per heavy atom. The van der Waals surface area contributed by atoms with Gasteiger partial charge in [0.1, 0.15) is 0 Å². The van der Waals surface area contributed by atoms with E-state index in [1.165, 1.54) is 0 Å². The first-order valence-corrected chi connectivity index (χ1v) is 5.05. The number of hydrogen-bond donors (Lipinski definition) is 0. The zero-order valence-corrected chi connectivity index (χ0v) is 8.76. The van der Waals surface area contributed by atoms with Crippen molar-refractivity contribution in [1.29, 1.82) is 0 Å². The highest BCUT2D eigenvalue weighted by Crippen LogP contribution is 2.19. The first-order valence-electron chi connectivity index (χ1n) is 3.48. The van der Waals surface area contributed by atoms with Crippen molar-refractivity contribution in [3.63, 3.8) is 0 Å². The molecule has 0 N–H and O–H groups in total. The summed E-state index contributed by atoms with van der Waals surface area (Å²) in [7, 11) is 0. The third-order valence-electron chi connectivity index (χ3n) is 1.47. The molecule has 5 heteroatoms. The second-order valence-electron chi connectivity index (χ2n) is 2.35. The predicted octanol–water partition coefficient (Wildman–Crippen LogP) is 2.53. The molecular formula is C8H4BrNO2S. The van der Waals surface area contributed by atoms with Crippen molar-refractivity contribution in [3.8, 4) is 11.5 Å². The van der Waals surface area contributed by atoms with E-state index in [0.717, 1.165) is 21.6 Å². The van der Waals surface area contributed by atoms with Gasteiger partial charge in [0, 0.05) is 10.0 Å². The average molecular weight is 258 g/mol. The van der Waals surface area contributed by atoms with Crippen LogP contribution in [-0.4, -0.2) is 4.37 Å². The fourth-order valence-electron chi connectivity index (χ4n) is 0.899. The molecule has 1 aromatic heterocycles. The van der Waals surface area contributed by atoms with E-state index in [1.54, 1.807) is 0 Å². The van der Waals surface area contributed by atoms with E-state index in [2.05, 4.69) is 20.3 Å². The van der Waals surface area contributed by atoms with Gasteiger partial charge in [0.15, 0.2) is 0 Å². The first-order chi connectivity index (χ1) is 6.25. The monoisotopic (exact) mass is 257 g/mol. The molecule has 1 aromatic carbocycles. The van der Waals surface area contributed by atoms with E-state index in [-0.39, 0.29) is 4.94 Å². The SMILES string of the molecule is O=c1oc(-c2ccc(Br)cc2)ns1. The summed E-state index contributed by atoms with van der Waals surface area (Å²) in [5.41, 5.74) is 0.807. The van der Waals surface area contributed by atoms with Gasteiger partial charge in [-0.3, -0.25) is 0 Å². The molecule has 0 saturated carbocycles. The van der Waals surface area contributed by atoms with Crippen LogP contribution in [0.2, 0.25) is 0 Å². The van der Waals surface area contributed by atoms with Crippen LogP contribution in [0.5, 0.6) is 0 Å². The summed E-state index contributed by atoms with van der Waals surface area (Å²) in [6.45, 7) is 0. The van der Waals surface area contributed by atoms with Crippen LogP contribution in [-0.2, 0) is 0 Å². The Bertz CT molecular complexity index is 459. The second kappa shape index (κ2) is 3.43. The molecule has 0 atom stereocenters. The number of nitrogens with zero attached hydrogens (tertiary/aromatic N) is 1. The van der Waals surface area contributed by atoms with Gasteiger partial charge in [0.2, 0.25) is 5.89 Å². The molecule has 0 amide bonds. The van der Waals surface area contributed by atoms with Crippen molar-refractivity contribution in [2.75, 3.05) is 0 Å². The van der Waals surface area contributed by atoms with Crippen molar-refractivity contribution in [3.05, 3.63) is 38.5 Å². The van der Waals surface area contributed by atoms with Gasteiger partial charge >= 0.3 is 4.94 Å². The maximum absolute atomic E-state index is 10.7. The lowest BCUT2D eigenvalue weighted by Gasteiger charge is -1.93. The minimum absolute atomic E-state index is 0.377. The molecule has 0 radical (unpaired) electrons. The van der Waals surface area contributed by atoms with Gasteiger partial charge in [-0.25, -0.2) is 4.79 Å². The highest BCUT2D eigenvalue weighted by Gasteiger charge is 2.04. The van der Waals surface area contributed by atoms with Gasteiger partial charge in [-0.05, 0) is 24.3 Å². The Hall–Kier alpha value is -0.940. The lowest BCUT2D eigenvalue weighted by molar-refractivity contribution is 0.543. The van der Waals surface area contributed by atoms with E-state index in [4.69, 9.17) is 4.42 Å². The number of hydrogen-bond acceptors (Lipinski definition) is 4. The summed E-state index contributed by atoms with van der Waals surface area (Å²) in [6.07, 6.45) is 0. The van der Waals surface area contributed by atoms with Gasteiger partial charge in [0.05, 0.1) is 11.5 Å². The molecule has 3 nitrogen and oxygen atoms in total. The fourth-order valence-corrected chi connectivity index (χ4v) is 1.58. The number of aromatic nitrogens is 1. The van der Waals surface area contributed by atoms with Crippen molar-refractivity contribution in [1.82, 2.24) is 4.37 Å². The van der Waals surface area contributed by atoms with Gasteiger partial charge in [0.25, 0.3) is 0 Å². The van der Waals surface area contributed by atoms with Crippen molar-refractivity contribution in [2.24, 2.45) is 0 Å². The molecule has 1 heterocycles. The van der Waals surface area contributed by atoms with Crippen LogP contribution in [0.1, 0.15) is 0 Å². The van der Waals surface area contributed by atoms with Crippen molar-refractivity contribution < 1.29 is 4.42 Å². The van der Waals surface area contributed by atoms with E-state index >= 15 is 0 Å². The fraction of sp³-hybridized carbons (Fsp3) is 0. The normalized spacial score (nSPS) is 10.2. The van der Waals surface area contributed by atoms with Gasteiger partial charge in [-0.2, -0.15) is 0 Å². The molecule has 66 valence electrons. The molecule has 0 bridgehead atoms. The largest absolute Gasteiger partial charge is 0.414 e. The molecular weight excluding hydrogens is 254 g/mol. The Balaban J connectivity index is 2.47. The third kappa shape index (κ3) is 1.87. The standard InChI is InChI=1S/C8H4BrNO2S/c9-6-3-1-5(2-4-6)7-10-13-8(11)12-7/h1-4H. The van der Waals surface area contributed by atoms with Gasteiger partial charge in [-0.15, -0.1) is 4.37 Å². The molecule has 0 spiro atoms. The molecule has 0 aliphatic heterocycles. The highest BCUT2D eigenvalue weighted by molar-refractivity contribution is 9.10. The summed E-state index contributed by atoms with van der Waals surface area (Å²) in [6, 6.07) is 7.41. The zero-order valence-electron chi connectivity index (χ0n) is 6.36. The molecule has 0 aliphatic rings. The van der Waals surface area contributed by atoms with Gasteiger partial charge in [-0.1, -0.05) is 15.9 Å². The van der Waals surface area contributed by atoms with E-state index < -0.39 is 0 Å². The van der Waals surface area contributed by atoms with Crippen LogP contribution in [0.3, 0.4) is 0 Å². The summed E-state index contributed by atoms with van der Waals surface area (Å²) in [5, 5.41) is 0. The topological polar surface area (TPSA) is 43.1 Å². The lowest BCUT2D eigenvalue weighted by Crippen LogP contribution is -1.82. The quantitative estimate of drug-likeness (QED) is 0.789. The lowest BCUT2D eigenvalue weighted by atomic mass is 10.2. The van der Waals surface area contributed by atoms with E-state index in [1.807, 2.05) is 24.3 Å². The minimum Gasteiger partial charge on any atom is -0.394 e. The number of rotatable bonds is 1. The van der Waals surface area contributed by atoms with Crippen LogP contribution >= 0.6 is 27.5 Å². The summed E-state index contributed by atoms with van der Waals surface area (Å²) in [4.78, 5) is 10.3. The van der Waals surface area contributed by atoms with Crippen LogP contribution in [0, 0.1) is 0 Å². The zero-order chi connectivity index (χ0) is 9.26. The molecule has 0 aliphatic carbocycles. The van der Waals surface area contributed by atoms with E-state index in [0.29, 0.717) is 5.89 Å². The maximum atomic E-state index is 10.7. The summed E-state index contributed by atoms with van der Waals surface area (Å²) >= 11 is 4.13. The van der Waals surface area contributed by atoms with Gasteiger partial charge < -0.3 is 4.42 Å². The molecule has 2 aromatic rings. The smallest absolute Gasteiger partial charge is 0.394 e. The summed E-state index contributed by atoms with van der Waals surface area (Å²) < 4.78 is 9.69. The van der Waals surface area contributed by atoms with Crippen LogP contribution < -0.4 is 4.94 Å². The first kappa shape index (κ1) is 8.65. The Morgan fingerprint density at radius 2 is 2.00 bits per heavy atom. The summed E-state index contributed by atoms with van der Waals surface area (Å²) in [5.74, 6) is 0.377. The Kier molecular flexibility index (Phi) is 2.28.